The number of primary amides is 1. The molecule has 0 saturated heterocycles. The van der Waals surface area contributed by atoms with Crippen molar-refractivity contribution in [1.29, 1.82) is 5.26 Å². The molecule has 0 fully saturated rings. The van der Waals surface area contributed by atoms with E-state index in [0.717, 1.165) is 17.0 Å². The summed E-state index contributed by atoms with van der Waals surface area (Å²) >= 11 is 1.22. The quantitative estimate of drug-likeness (QED) is 0.414. The molecule has 0 heterocycles. The number of anilines is 1. The van der Waals surface area contributed by atoms with Gasteiger partial charge in [-0.2, -0.15) is 31.6 Å². The van der Waals surface area contributed by atoms with E-state index in [1.807, 2.05) is 0 Å². The van der Waals surface area contributed by atoms with Crippen LogP contribution < -0.4 is 10.6 Å². The number of nitriles is 1. The average molecular weight is 475 g/mol. The van der Waals surface area contributed by atoms with Crippen LogP contribution in [0.2, 0.25) is 0 Å². The monoisotopic (exact) mass is 475 g/mol. The molecule has 1 atom stereocenters. The Hall–Kier alpha value is -2.87. The molecule has 2 aromatic rings. The number of benzene rings is 2. The van der Waals surface area contributed by atoms with E-state index < -0.39 is 41.8 Å². The number of halogens is 6. The Balaban J connectivity index is 2.17. The van der Waals surface area contributed by atoms with Crippen LogP contribution in [0.3, 0.4) is 0 Å². The van der Waals surface area contributed by atoms with Crippen LogP contribution in [0, 0.1) is 11.3 Å². The first-order valence-corrected chi connectivity index (χ1v) is 10.3. The highest BCUT2D eigenvalue weighted by Gasteiger charge is 2.36. The van der Waals surface area contributed by atoms with Crippen LogP contribution in [0.15, 0.2) is 47.4 Å². The Labute approximate surface area is 185 Å². The van der Waals surface area contributed by atoms with E-state index in [-0.39, 0.29) is 18.0 Å². The fourth-order valence-corrected chi connectivity index (χ4v) is 3.74. The number of hydrogen-bond donors (Lipinski definition) is 1. The molecule has 4 nitrogen and oxygen atoms in total. The molecule has 11 heteroatoms. The maximum Gasteiger partial charge on any atom is 0.417 e. The number of nitrogens with two attached hydrogens (primary N) is 1. The zero-order valence-corrected chi connectivity index (χ0v) is 17.6. The molecule has 2 N–H and O–H groups in total. The molecule has 0 aliphatic heterocycles. The van der Waals surface area contributed by atoms with Crippen LogP contribution in [-0.4, -0.2) is 30.9 Å². The van der Waals surface area contributed by atoms with E-state index in [0.29, 0.717) is 16.5 Å². The number of carbonyl (C=O) groups is 1. The lowest BCUT2D eigenvalue weighted by atomic mass is 10.0. The molecule has 2 aromatic carbocycles. The van der Waals surface area contributed by atoms with Crippen molar-refractivity contribution in [2.24, 2.45) is 5.73 Å². The SMILES string of the molecule is CC(C(N)=O)c1ccc(SCCN(CC(F)(F)F)c2ccc(C#N)c(C(F)(F)F)c2)cc1. The van der Waals surface area contributed by atoms with Gasteiger partial charge in [-0.3, -0.25) is 4.79 Å². The second-order valence-corrected chi connectivity index (χ2v) is 8.09. The van der Waals surface area contributed by atoms with Crippen molar-refractivity contribution in [2.75, 3.05) is 23.7 Å². The molecule has 0 radical (unpaired) electrons. The van der Waals surface area contributed by atoms with Gasteiger partial charge in [-0.25, -0.2) is 0 Å². The third-order valence-corrected chi connectivity index (χ3v) is 5.59. The lowest BCUT2D eigenvalue weighted by molar-refractivity contribution is -0.137. The Morgan fingerprint density at radius 1 is 1.12 bits per heavy atom. The molecule has 0 aliphatic rings. The second kappa shape index (κ2) is 10.2. The van der Waals surface area contributed by atoms with Crippen LogP contribution in [-0.2, 0) is 11.0 Å². The van der Waals surface area contributed by atoms with Crippen LogP contribution in [0.1, 0.15) is 29.5 Å². The zero-order chi connectivity index (χ0) is 24.1. The van der Waals surface area contributed by atoms with Crippen molar-refractivity contribution in [3.63, 3.8) is 0 Å². The van der Waals surface area contributed by atoms with E-state index in [1.54, 1.807) is 31.2 Å². The Morgan fingerprint density at radius 3 is 2.25 bits per heavy atom. The highest BCUT2D eigenvalue weighted by atomic mass is 32.2. The van der Waals surface area contributed by atoms with Gasteiger partial charge in [0.05, 0.1) is 23.1 Å². The fraction of sp³-hybridized carbons (Fsp3) is 0.333. The highest BCUT2D eigenvalue weighted by Crippen LogP contribution is 2.35. The topological polar surface area (TPSA) is 70.1 Å². The van der Waals surface area contributed by atoms with Gasteiger partial charge in [0.1, 0.15) is 6.54 Å². The van der Waals surface area contributed by atoms with Gasteiger partial charge in [-0.15, -0.1) is 11.8 Å². The van der Waals surface area contributed by atoms with E-state index in [4.69, 9.17) is 11.0 Å². The fourth-order valence-electron chi connectivity index (χ4n) is 2.87. The molecule has 0 saturated carbocycles. The predicted octanol–water partition coefficient (Wildman–Crippen LogP) is 5.33. The summed E-state index contributed by atoms with van der Waals surface area (Å²) in [6.45, 7) is 0.0188. The van der Waals surface area contributed by atoms with Gasteiger partial charge in [0.2, 0.25) is 5.91 Å². The maximum absolute atomic E-state index is 13.2. The summed E-state index contributed by atoms with van der Waals surface area (Å²) in [5.41, 5.74) is 3.73. The number of rotatable bonds is 8. The lowest BCUT2D eigenvalue weighted by Gasteiger charge is -2.27. The minimum absolute atomic E-state index is 0.155. The first-order valence-electron chi connectivity index (χ1n) is 9.27. The van der Waals surface area contributed by atoms with Gasteiger partial charge >= 0.3 is 12.4 Å². The standard InChI is InChI=1S/C21H19F6N3OS/c1-13(19(29)31)14-3-6-17(7-4-14)32-9-8-30(12-20(22,23)24)16-5-2-15(11-28)18(10-16)21(25,26)27/h2-7,10,13H,8-9,12H2,1H3,(H2,29,31). The summed E-state index contributed by atoms with van der Waals surface area (Å²) in [5.74, 6) is -0.827. The van der Waals surface area contributed by atoms with Gasteiger partial charge in [-0.05, 0) is 42.8 Å². The average Bonchev–Trinajstić information content (AvgIpc) is 2.71. The van der Waals surface area contributed by atoms with E-state index in [1.165, 1.54) is 17.8 Å². The molecule has 0 spiro atoms. The van der Waals surface area contributed by atoms with Gasteiger partial charge in [0.15, 0.2) is 0 Å². The Kier molecular flexibility index (Phi) is 8.07. The first-order chi connectivity index (χ1) is 14.8. The van der Waals surface area contributed by atoms with Gasteiger partial charge < -0.3 is 10.6 Å². The zero-order valence-electron chi connectivity index (χ0n) is 16.8. The van der Waals surface area contributed by atoms with Crippen molar-refractivity contribution in [3.8, 4) is 6.07 Å². The van der Waals surface area contributed by atoms with Crippen molar-refractivity contribution in [3.05, 3.63) is 59.2 Å². The normalized spacial score (nSPS) is 12.8. The van der Waals surface area contributed by atoms with Crippen molar-refractivity contribution >= 4 is 23.4 Å². The maximum atomic E-state index is 13.2. The molecule has 32 heavy (non-hydrogen) atoms. The third kappa shape index (κ3) is 7.09. The molecular weight excluding hydrogens is 456 g/mol. The second-order valence-electron chi connectivity index (χ2n) is 6.92. The van der Waals surface area contributed by atoms with E-state index in [2.05, 4.69) is 0 Å². The summed E-state index contributed by atoms with van der Waals surface area (Å²) in [6, 6.07) is 10.7. The summed E-state index contributed by atoms with van der Waals surface area (Å²) in [6.07, 6.45) is -9.51. The summed E-state index contributed by atoms with van der Waals surface area (Å²) < 4.78 is 78.8. The van der Waals surface area contributed by atoms with Gasteiger partial charge in [0, 0.05) is 22.9 Å². The minimum Gasteiger partial charge on any atom is -0.369 e. The van der Waals surface area contributed by atoms with Crippen LogP contribution >= 0.6 is 11.8 Å². The minimum atomic E-state index is -4.87. The van der Waals surface area contributed by atoms with Gasteiger partial charge in [0.25, 0.3) is 0 Å². The van der Waals surface area contributed by atoms with Crippen molar-refractivity contribution in [1.82, 2.24) is 0 Å². The summed E-state index contributed by atoms with van der Waals surface area (Å²) in [4.78, 5) is 12.8. The van der Waals surface area contributed by atoms with Crippen LogP contribution in [0.5, 0.6) is 0 Å². The predicted molar refractivity (Wildman–Crippen MR) is 109 cm³/mol. The van der Waals surface area contributed by atoms with Crippen molar-refractivity contribution < 1.29 is 31.1 Å². The van der Waals surface area contributed by atoms with Crippen LogP contribution in [0.25, 0.3) is 0 Å². The first kappa shape index (κ1) is 25.4. The molecular formula is C21H19F6N3OS. The Bertz CT molecular complexity index is 983. The molecule has 0 aliphatic carbocycles. The number of alkyl halides is 6. The summed E-state index contributed by atoms with van der Waals surface area (Å²) in [7, 11) is 0. The molecule has 2 rings (SSSR count). The van der Waals surface area contributed by atoms with Crippen molar-refractivity contribution in [2.45, 2.75) is 30.1 Å². The molecule has 172 valence electrons. The Morgan fingerprint density at radius 2 is 1.75 bits per heavy atom. The number of carbonyl (C=O) groups excluding carboxylic acids is 1. The number of nitrogens with zero attached hydrogens (tertiary/aromatic N) is 2. The third-order valence-electron chi connectivity index (χ3n) is 4.60. The molecule has 0 aromatic heterocycles. The van der Waals surface area contributed by atoms with E-state index in [9.17, 15) is 31.1 Å². The molecule has 1 unspecified atom stereocenters. The van der Waals surface area contributed by atoms with Gasteiger partial charge in [-0.1, -0.05) is 12.1 Å². The summed E-state index contributed by atoms with van der Waals surface area (Å²) in [5, 5.41) is 8.88. The smallest absolute Gasteiger partial charge is 0.369 e. The van der Waals surface area contributed by atoms with Crippen LogP contribution in [0.4, 0.5) is 32.0 Å². The largest absolute Gasteiger partial charge is 0.417 e. The molecule has 0 bridgehead atoms. The highest BCUT2D eigenvalue weighted by molar-refractivity contribution is 7.99. The van der Waals surface area contributed by atoms with E-state index >= 15 is 0 Å². The lowest BCUT2D eigenvalue weighted by Crippen LogP contribution is -2.36. The molecule has 1 amide bonds. The number of thioether (sulfide) groups is 1. The number of amides is 1. The number of hydrogen-bond acceptors (Lipinski definition) is 4.